The summed E-state index contributed by atoms with van der Waals surface area (Å²) in [6.07, 6.45) is 6.79. The summed E-state index contributed by atoms with van der Waals surface area (Å²) in [5, 5.41) is 10.3. The van der Waals surface area contributed by atoms with Crippen LogP contribution in [-0.4, -0.2) is 24.4 Å². The first kappa shape index (κ1) is 13.0. The predicted molar refractivity (Wildman–Crippen MR) is 62.8 cm³/mol. The van der Waals surface area contributed by atoms with E-state index in [0.717, 1.165) is 18.8 Å². The van der Waals surface area contributed by atoms with E-state index in [1.807, 2.05) is 0 Å². The molecule has 0 aromatic rings. The van der Waals surface area contributed by atoms with Gasteiger partial charge in [-0.3, -0.25) is 0 Å². The molecule has 0 radical (unpaired) electrons. The Morgan fingerprint density at radius 3 is 2.67 bits per heavy atom. The third kappa shape index (κ3) is 3.76. The average molecular weight is 214 g/mol. The van der Waals surface area contributed by atoms with Gasteiger partial charge in [-0.1, -0.05) is 33.1 Å². The smallest absolute Gasteiger partial charge is 0.0832 e. The molecule has 1 N–H and O–H groups in total. The number of hydrogen-bond donors (Lipinski definition) is 1. The van der Waals surface area contributed by atoms with Crippen molar-refractivity contribution in [3.05, 3.63) is 0 Å². The standard InChI is InChI=1S/C13H26O2/c1-4-6-12(15-3)13(14)11-8-5-7-10(2)9-11/h10-14H,4-9H2,1-3H3. The van der Waals surface area contributed by atoms with Crippen molar-refractivity contribution in [3.63, 3.8) is 0 Å². The second-order valence-electron chi connectivity index (χ2n) is 5.09. The van der Waals surface area contributed by atoms with Gasteiger partial charge in [0.05, 0.1) is 12.2 Å². The average Bonchev–Trinajstić information content (AvgIpc) is 2.25. The molecule has 4 unspecified atom stereocenters. The van der Waals surface area contributed by atoms with Crippen LogP contribution in [0.15, 0.2) is 0 Å². The van der Waals surface area contributed by atoms with Gasteiger partial charge in [0, 0.05) is 7.11 Å². The van der Waals surface area contributed by atoms with Crippen LogP contribution in [0.25, 0.3) is 0 Å². The molecule has 0 aromatic heterocycles. The van der Waals surface area contributed by atoms with Crippen molar-refractivity contribution < 1.29 is 9.84 Å². The Kier molecular flexibility index (Phi) is 5.62. The molecule has 1 fully saturated rings. The molecule has 0 heterocycles. The minimum absolute atomic E-state index is 0.0466. The zero-order valence-corrected chi connectivity index (χ0v) is 10.4. The zero-order valence-electron chi connectivity index (χ0n) is 10.4. The molecule has 0 bridgehead atoms. The fourth-order valence-electron chi connectivity index (χ4n) is 2.81. The molecule has 1 saturated carbocycles. The second kappa shape index (κ2) is 6.49. The summed E-state index contributed by atoms with van der Waals surface area (Å²) in [7, 11) is 1.72. The maximum absolute atomic E-state index is 10.3. The van der Waals surface area contributed by atoms with E-state index in [1.54, 1.807) is 7.11 Å². The number of aliphatic hydroxyl groups is 1. The summed E-state index contributed by atoms with van der Waals surface area (Å²) < 4.78 is 5.39. The van der Waals surface area contributed by atoms with E-state index in [9.17, 15) is 5.11 Å². The van der Waals surface area contributed by atoms with Crippen molar-refractivity contribution in [2.24, 2.45) is 11.8 Å². The maximum Gasteiger partial charge on any atom is 0.0832 e. The van der Waals surface area contributed by atoms with E-state index in [0.29, 0.717) is 5.92 Å². The van der Waals surface area contributed by atoms with Crippen molar-refractivity contribution in [1.82, 2.24) is 0 Å². The summed E-state index contributed by atoms with van der Waals surface area (Å²) in [6, 6.07) is 0. The Hall–Kier alpha value is -0.0800. The third-order valence-electron chi connectivity index (χ3n) is 3.72. The summed E-state index contributed by atoms with van der Waals surface area (Å²) in [5.74, 6) is 1.24. The van der Waals surface area contributed by atoms with Crippen LogP contribution >= 0.6 is 0 Å². The van der Waals surface area contributed by atoms with Crippen LogP contribution in [0, 0.1) is 11.8 Å². The number of hydrogen-bond acceptors (Lipinski definition) is 2. The Balaban J connectivity index is 2.45. The highest BCUT2D eigenvalue weighted by atomic mass is 16.5. The van der Waals surface area contributed by atoms with Crippen LogP contribution in [-0.2, 0) is 4.74 Å². The minimum Gasteiger partial charge on any atom is -0.390 e. The summed E-state index contributed by atoms with van der Waals surface area (Å²) in [5.41, 5.74) is 0. The van der Waals surface area contributed by atoms with Crippen molar-refractivity contribution >= 4 is 0 Å². The molecule has 15 heavy (non-hydrogen) atoms. The Labute approximate surface area is 94.0 Å². The molecular weight excluding hydrogens is 188 g/mol. The molecule has 0 aliphatic heterocycles. The predicted octanol–water partition coefficient (Wildman–Crippen LogP) is 2.99. The van der Waals surface area contributed by atoms with Gasteiger partial charge in [-0.05, 0) is 31.1 Å². The fraction of sp³-hybridized carbons (Fsp3) is 1.00. The molecule has 0 amide bonds. The first-order valence-corrected chi connectivity index (χ1v) is 6.39. The molecule has 4 atom stereocenters. The lowest BCUT2D eigenvalue weighted by Gasteiger charge is -2.34. The van der Waals surface area contributed by atoms with Crippen molar-refractivity contribution in [2.75, 3.05) is 7.11 Å². The summed E-state index contributed by atoms with van der Waals surface area (Å²) in [4.78, 5) is 0. The lowest BCUT2D eigenvalue weighted by molar-refractivity contribution is -0.0568. The van der Waals surface area contributed by atoms with Crippen molar-refractivity contribution in [3.8, 4) is 0 Å². The largest absolute Gasteiger partial charge is 0.390 e. The molecule has 2 nitrogen and oxygen atoms in total. The molecule has 1 rings (SSSR count). The SMILES string of the molecule is CCCC(OC)C(O)C1CCCC(C)C1. The molecule has 2 heteroatoms. The number of aliphatic hydroxyl groups excluding tert-OH is 1. The van der Waals surface area contributed by atoms with Crippen LogP contribution in [0.2, 0.25) is 0 Å². The van der Waals surface area contributed by atoms with Crippen LogP contribution < -0.4 is 0 Å². The summed E-state index contributed by atoms with van der Waals surface area (Å²) >= 11 is 0. The van der Waals surface area contributed by atoms with Crippen LogP contribution in [0.4, 0.5) is 0 Å². The molecule has 0 saturated heterocycles. The first-order chi connectivity index (χ1) is 7.19. The van der Waals surface area contributed by atoms with Gasteiger partial charge in [0.15, 0.2) is 0 Å². The van der Waals surface area contributed by atoms with Gasteiger partial charge in [-0.15, -0.1) is 0 Å². The number of rotatable bonds is 5. The van der Waals surface area contributed by atoms with Gasteiger partial charge in [-0.2, -0.15) is 0 Å². The van der Waals surface area contributed by atoms with Gasteiger partial charge < -0.3 is 9.84 Å². The topological polar surface area (TPSA) is 29.5 Å². The molecular formula is C13H26O2. The number of methoxy groups -OCH3 is 1. The zero-order chi connectivity index (χ0) is 11.3. The molecule has 0 aromatic carbocycles. The van der Waals surface area contributed by atoms with Gasteiger partial charge in [0.25, 0.3) is 0 Å². The fourth-order valence-corrected chi connectivity index (χ4v) is 2.81. The van der Waals surface area contributed by atoms with E-state index in [1.165, 1.54) is 25.7 Å². The highest BCUT2D eigenvalue weighted by Crippen LogP contribution is 2.32. The van der Waals surface area contributed by atoms with E-state index in [-0.39, 0.29) is 12.2 Å². The Bertz CT molecular complexity index is 170. The Morgan fingerprint density at radius 1 is 1.40 bits per heavy atom. The first-order valence-electron chi connectivity index (χ1n) is 6.39. The maximum atomic E-state index is 10.3. The highest BCUT2D eigenvalue weighted by molar-refractivity contribution is 4.81. The second-order valence-corrected chi connectivity index (χ2v) is 5.09. The van der Waals surface area contributed by atoms with Crippen LogP contribution in [0.3, 0.4) is 0 Å². The highest BCUT2D eigenvalue weighted by Gasteiger charge is 2.30. The van der Waals surface area contributed by atoms with E-state index < -0.39 is 0 Å². The Morgan fingerprint density at radius 2 is 2.13 bits per heavy atom. The molecule has 1 aliphatic carbocycles. The lowest BCUT2D eigenvalue weighted by atomic mass is 9.78. The van der Waals surface area contributed by atoms with Gasteiger partial charge >= 0.3 is 0 Å². The van der Waals surface area contributed by atoms with E-state index >= 15 is 0 Å². The number of ether oxygens (including phenoxy) is 1. The van der Waals surface area contributed by atoms with Crippen molar-refractivity contribution in [1.29, 1.82) is 0 Å². The summed E-state index contributed by atoms with van der Waals surface area (Å²) in [6.45, 7) is 4.43. The third-order valence-corrected chi connectivity index (χ3v) is 3.72. The van der Waals surface area contributed by atoms with Gasteiger partial charge in [0.2, 0.25) is 0 Å². The van der Waals surface area contributed by atoms with E-state index in [2.05, 4.69) is 13.8 Å². The normalized spacial score (nSPS) is 31.2. The van der Waals surface area contributed by atoms with Gasteiger partial charge in [0.1, 0.15) is 0 Å². The van der Waals surface area contributed by atoms with Crippen LogP contribution in [0.5, 0.6) is 0 Å². The lowest BCUT2D eigenvalue weighted by Crippen LogP contribution is -2.37. The van der Waals surface area contributed by atoms with E-state index in [4.69, 9.17) is 4.74 Å². The molecule has 0 spiro atoms. The van der Waals surface area contributed by atoms with Crippen LogP contribution in [0.1, 0.15) is 52.4 Å². The molecule has 1 aliphatic rings. The van der Waals surface area contributed by atoms with Gasteiger partial charge in [-0.25, -0.2) is 0 Å². The molecule has 90 valence electrons. The quantitative estimate of drug-likeness (QED) is 0.762. The monoisotopic (exact) mass is 214 g/mol. The minimum atomic E-state index is -0.252. The van der Waals surface area contributed by atoms with Crippen molar-refractivity contribution in [2.45, 2.75) is 64.6 Å².